The van der Waals surface area contributed by atoms with E-state index in [2.05, 4.69) is 40.9 Å². The van der Waals surface area contributed by atoms with Gasteiger partial charge in [-0.1, -0.05) is 23.7 Å². The van der Waals surface area contributed by atoms with Gasteiger partial charge in [-0.25, -0.2) is 4.79 Å². The Kier molecular flexibility index (Phi) is 8.16. The number of aromatic nitrogens is 6. The van der Waals surface area contributed by atoms with E-state index in [1.54, 1.807) is 18.0 Å². The van der Waals surface area contributed by atoms with Crippen LogP contribution in [0.5, 0.6) is 5.75 Å². The van der Waals surface area contributed by atoms with Crippen molar-refractivity contribution in [2.45, 2.75) is 66.7 Å². The van der Waals surface area contributed by atoms with Crippen LogP contribution in [0, 0.1) is 12.8 Å². The number of ether oxygens (including phenoxy) is 2. The monoisotopic (exact) mass is 738 g/mol. The molecule has 3 saturated carbocycles. The third-order valence-electron chi connectivity index (χ3n) is 11.0. The molecule has 0 spiro atoms. The third-order valence-corrected chi connectivity index (χ3v) is 13.3. The van der Waals surface area contributed by atoms with Crippen LogP contribution < -0.4 is 4.74 Å². The molecule has 12 heteroatoms. The van der Waals surface area contributed by atoms with Gasteiger partial charge in [0.1, 0.15) is 17.0 Å². The lowest BCUT2D eigenvalue weighted by Gasteiger charge is -2.61. The van der Waals surface area contributed by atoms with E-state index in [1.807, 2.05) is 53.3 Å². The van der Waals surface area contributed by atoms with E-state index in [1.165, 1.54) is 37.8 Å². The fourth-order valence-corrected chi connectivity index (χ4v) is 10.7. The van der Waals surface area contributed by atoms with Gasteiger partial charge in [0.15, 0.2) is 0 Å². The zero-order valence-corrected chi connectivity index (χ0v) is 31.6. The van der Waals surface area contributed by atoms with Crippen LogP contribution in [0.15, 0.2) is 53.6 Å². The molecule has 0 atom stereocenters. The van der Waals surface area contributed by atoms with Crippen molar-refractivity contribution in [3.8, 4) is 16.9 Å². The predicted octanol–water partition coefficient (Wildman–Crippen LogP) is 8.63. The van der Waals surface area contributed by atoms with E-state index in [0.29, 0.717) is 30.2 Å². The first-order chi connectivity index (χ1) is 24.7. The minimum absolute atomic E-state index is 0.0964. The number of rotatable bonds is 2. The summed E-state index contributed by atoms with van der Waals surface area (Å²) in [5.41, 5.74) is 9.70. The fourth-order valence-electron chi connectivity index (χ4n) is 8.51. The average molecular weight is 739 g/mol. The van der Waals surface area contributed by atoms with Crippen molar-refractivity contribution in [3.05, 3.63) is 87.7 Å². The number of hydrogen-bond donors (Lipinski definition) is 0. The maximum absolute atomic E-state index is 13.5. The Bertz CT molecular complexity index is 2360. The van der Waals surface area contributed by atoms with Crippen LogP contribution in [-0.2, 0) is 48.1 Å². The van der Waals surface area contributed by atoms with Crippen LogP contribution in [0.3, 0.4) is 0 Å². The van der Waals surface area contributed by atoms with Gasteiger partial charge in [0, 0.05) is 70.0 Å². The SMILES string of the molecule is COC(=O)c1c2c3ccc(Cl)c(c3n1C)-c1c(C)nn(C34CC(C3)C4)c1CSCc1cc(n(C)n1)CSc1cc(c3ncccc3c1)OCCC2. The zero-order chi connectivity index (χ0) is 35.0. The second kappa shape index (κ2) is 12.6. The average Bonchev–Trinajstić information content (AvgIpc) is 3.69. The Labute approximate surface area is 310 Å². The first-order valence-electron chi connectivity index (χ1n) is 17.5. The second-order valence-corrected chi connectivity index (χ2v) is 16.6. The molecule has 2 aromatic carbocycles. The smallest absolute Gasteiger partial charge is 0.354 e. The van der Waals surface area contributed by atoms with Gasteiger partial charge in [-0.3, -0.25) is 14.3 Å². The molecule has 3 aliphatic carbocycles. The fraction of sp³-hybridized carbons (Fsp3) is 0.385. The maximum Gasteiger partial charge on any atom is 0.354 e. The number of nitrogens with zero attached hydrogens (tertiary/aromatic N) is 6. The van der Waals surface area contributed by atoms with Crippen molar-refractivity contribution in [1.82, 2.24) is 29.1 Å². The summed E-state index contributed by atoms with van der Waals surface area (Å²) in [5.74, 6) is 3.53. The molecule has 0 unspecified atom stereocenters. The molecule has 0 amide bonds. The maximum atomic E-state index is 13.5. The number of halogens is 1. The highest BCUT2D eigenvalue weighted by Gasteiger charge is 2.59. The number of aryl methyl sites for hydroxylation is 4. The van der Waals surface area contributed by atoms with Gasteiger partial charge < -0.3 is 14.0 Å². The van der Waals surface area contributed by atoms with Gasteiger partial charge >= 0.3 is 5.97 Å². The molecular weight excluding hydrogens is 700 g/mol. The lowest BCUT2D eigenvalue weighted by Crippen LogP contribution is -2.60. The lowest BCUT2D eigenvalue weighted by molar-refractivity contribution is -0.0993. The van der Waals surface area contributed by atoms with Gasteiger partial charge in [0.25, 0.3) is 0 Å². The van der Waals surface area contributed by atoms with Crippen molar-refractivity contribution in [1.29, 1.82) is 0 Å². The number of carbonyl (C=O) groups is 1. The van der Waals surface area contributed by atoms with E-state index in [4.69, 9.17) is 31.3 Å². The van der Waals surface area contributed by atoms with Crippen LogP contribution in [0.4, 0.5) is 0 Å². The molecule has 51 heavy (non-hydrogen) atoms. The molecule has 0 N–H and O–H groups in total. The Morgan fingerprint density at radius 2 is 1.90 bits per heavy atom. The first kappa shape index (κ1) is 32.9. The summed E-state index contributed by atoms with van der Waals surface area (Å²) < 4.78 is 18.2. The number of fused-ring (bicyclic) bond motifs is 8. The number of hydrogen-bond acceptors (Lipinski definition) is 8. The summed E-state index contributed by atoms with van der Waals surface area (Å²) in [6, 6.07) is 14.6. The topological polar surface area (TPSA) is 89.0 Å². The van der Waals surface area contributed by atoms with Gasteiger partial charge in [-0.2, -0.15) is 10.2 Å². The number of benzene rings is 2. The minimum Gasteiger partial charge on any atom is -0.491 e. The number of carbonyl (C=O) groups excluding carboxylic acids is 1. The molecule has 1 aliphatic heterocycles. The predicted molar refractivity (Wildman–Crippen MR) is 204 cm³/mol. The summed E-state index contributed by atoms with van der Waals surface area (Å²) >= 11 is 10.8. The molecule has 10 bridgehead atoms. The van der Waals surface area contributed by atoms with Gasteiger partial charge in [0.2, 0.25) is 0 Å². The van der Waals surface area contributed by atoms with Crippen molar-refractivity contribution in [2.75, 3.05) is 13.7 Å². The van der Waals surface area contributed by atoms with Crippen molar-refractivity contribution in [2.24, 2.45) is 20.0 Å². The quantitative estimate of drug-likeness (QED) is 0.163. The van der Waals surface area contributed by atoms with Crippen LogP contribution >= 0.6 is 35.1 Å². The molecule has 6 aromatic rings. The zero-order valence-electron chi connectivity index (χ0n) is 29.2. The number of methoxy groups -OCH3 is 1. The Morgan fingerprint density at radius 1 is 1.06 bits per heavy atom. The molecule has 4 aliphatic rings. The van der Waals surface area contributed by atoms with E-state index in [-0.39, 0.29) is 11.5 Å². The van der Waals surface area contributed by atoms with E-state index in [9.17, 15) is 4.79 Å². The highest BCUT2D eigenvalue weighted by Crippen LogP contribution is 2.63. The Hall–Kier alpha value is -3.93. The van der Waals surface area contributed by atoms with Gasteiger partial charge in [0.05, 0.1) is 46.9 Å². The number of esters is 1. The van der Waals surface area contributed by atoms with Crippen LogP contribution in [0.25, 0.3) is 32.9 Å². The highest BCUT2D eigenvalue weighted by atomic mass is 35.5. The molecular formula is C39H39ClN6O3S2. The van der Waals surface area contributed by atoms with Gasteiger partial charge in [-0.15, -0.1) is 23.5 Å². The van der Waals surface area contributed by atoms with E-state index < -0.39 is 0 Å². The molecule has 10 rings (SSSR count). The van der Waals surface area contributed by atoms with Crippen LogP contribution in [0.1, 0.15) is 64.5 Å². The Balaban J connectivity index is 1.19. The highest BCUT2D eigenvalue weighted by molar-refractivity contribution is 7.98. The summed E-state index contributed by atoms with van der Waals surface area (Å²) in [5, 5.41) is 12.8. The van der Waals surface area contributed by atoms with Gasteiger partial charge in [-0.05, 0) is 80.8 Å². The normalized spacial score (nSPS) is 20.3. The molecule has 9 nitrogen and oxygen atoms in total. The molecule has 4 aromatic heterocycles. The van der Waals surface area contributed by atoms with E-state index in [0.717, 1.165) is 83.7 Å². The second-order valence-electron chi connectivity index (χ2n) is 14.2. The summed E-state index contributed by atoms with van der Waals surface area (Å²) in [6.45, 7) is 2.55. The van der Waals surface area contributed by atoms with Crippen molar-refractivity contribution < 1.29 is 14.3 Å². The first-order valence-corrected chi connectivity index (χ1v) is 20.0. The molecule has 3 fully saturated rings. The minimum atomic E-state index is -0.368. The summed E-state index contributed by atoms with van der Waals surface area (Å²) in [4.78, 5) is 19.3. The number of pyridine rings is 1. The largest absolute Gasteiger partial charge is 0.491 e. The third kappa shape index (κ3) is 5.37. The van der Waals surface area contributed by atoms with Crippen LogP contribution in [-0.4, -0.2) is 48.8 Å². The van der Waals surface area contributed by atoms with Crippen molar-refractivity contribution in [3.63, 3.8) is 0 Å². The Morgan fingerprint density at radius 3 is 2.69 bits per heavy atom. The van der Waals surface area contributed by atoms with Crippen LogP contribution in [0.2, 0.25) is 5.02 Å². The standard InChI is InChI=1S/C39H39ClN6O3S2/c1-22-33-31(46(42-22)39-16-23(17-39)18-39)21-50-19-25-14-26(45(3)43-25)20-51-27-13-24-7-5-11-41-35(24)32(15-27)49-12-6-8-28-29-9-10-30(40)34(33)36(29)44(2)37(28)38(47)48-4/h5,7,9-11,13-15,23H,6,8,12,16-21H2,1-4H3. The lowest BCUT2D eigenvalue weighted by atomic mass is 9.50. The number of thioether (sulfide) groups is 2. The van der Waals surface area contributed by atoms with Crippen molar-refractivity contribution >= 4 is 62.9 Å². The summed E-state index contributed by atoms with van der Waals surface area (Å²) in [7, 11) is 5.42. The summed E-state index contributed by atoms with van der Waals surface area (Å²) in [6.07, 6.45) is 6.66. The molecule has 0 radical (unpaired) electrons. The molecule has 0 saturated heterocycles. The van der Waals surface area contributed by atoms with E-state index >= 15 is 0 Å². The molecule has 5 heterocycles. The molecule has 262 valence electrons.